The zero-order chi connectivity index (χ0) is 14.8. The quantitative estimate of drug-likeness (QED) is 0.692. The number of unbranched alkanes of at least 4 members (excludes halogenated alkanes) is 2. The lowest BCUT2D eigenvalue weighted by atomic mass is 10.2. The Morgan fingerprint density at radius 1 is 0.900 bits per heavy atom. The van der Waals surface area contributed by atoms with E-state index in [0.717, 1.165) is 19.7 Å². The topological polar surface area (TPSA) is 41.7 Å². The van der Waals surface area contributed by atoms with Gasteiger partial charge in [0.05, 0.1) is 12.2 Å². The molecule has 0 unspecified atom stereocenters. The fourth-order valence-corrected chi connectivity index (χ4v) is 2.61. The van der Waals surface area contributed by atoms with Crippen LogP contribution in [0.25, 0.3) is 0 Å². The Bertz CT molecular complexity index is 240. The van der Waals surface area contributed by atoms with E-state index in [0.29, 0.717) is 0 Å². The second-order valence-electron chi connectivity index (χ2n) is 6.85. The third-order valence-electron chi connectivity index (χ3n) is 3.80. The average Bonchev–Trinajstić information content (AvgIpc) is 2.59. The maximum atomic E-state index is 5.82. The van der Waals surface area contributed by atoms with Gasteiger partial charge in [-0.15, -0.1) is 0 Å². The van der Waals surface area contributed by atoms with Crippen LogP contribution in [0, 0.1) is 0 Å². The minimum Gasteiger partial charge on any atom is -0.375 e. The van der Waals surface area contributed by atoms with Gasteiger partial charge >= 0.3 is 0 Å². The van der Waals surface area contributed by atoms with Crippen molar-refractivity contribution in [3.63, 3.8) is 0 Å². The van der Waals surface area contributed by atoms with Crippen LogP contribution in [0.5, 0.6) is 0 Å². The van der Waals surface area contributed by atoms with E-state index < -0.39 is 0 Å². The summed E-state index contributed by atoms with van der Waals surface area (Å²) in [4.78, 5) is 5.16. The third kappa shape index (κ3) is 8.90. The Kier molecular flexibility index (Phi) is 8.69. The van der Waals surface area contributed by atoms with Crippen molar-refractivity contribution >= 4 is 0 Å². The lowest BCUT2D eigenvalue weighted by Gasteiger charge is -2.24. The second-order valence-corrected chi connectivity index (χ2v) is 6.85. The van der Waals surface area contributed by atoms with Crippen LogP contribution in [-0.4, -0.2) is 67.8 Å². The van der Waals surface area contributed by atoms with E-state index >= 15 is 0 Å². The van der Waals surface area contributed by atoms with Gasteiger partial charge in [0.15, 0.2) is 0 Å². The molecule has 0 aromatic heterocycles. The largest absolute Gasteiger partial charge is 0.375 e. The zero-order valence-corrected chi connectivity index (χ0v) is 13.9. The first-order valence-corrected chi connectivity index (χ1v) is 8.30. The molecular formula is C16H35N3O. The molecule has 0 spiro atoms. The van der Waals surface area contributed by atoms with E-state index in [1.54, 1.807) is 0 Å². The highest BCUT2D eigenvalue weighted by Gasteiger charge is 2.15. The summed E-state index contributed by atoms with van der Waals surface area (Å²) in [5, 5.41) is 0. The van der Waals surface area contributed by atoms with Crippen molar-refractivity contribution in [1.82, 2.24) is 9.80 Å². The summed E-state index contributed by atoms with van der Waals surface area (Å²) in [5.74, 6) is 0. The molecule has 1 aliphatic heterocycles. The molecule has 0 aliphatic carbocycles. The second kappa shape index (κ2) is 9.72. The van der Waals surface area contributed by atoms with Crippen molar-refractivity contribution in [3.8, 4) is 0 Å². The number of nitrogens with two attached hydrogens (primary N) is 1. The minimum atomic E-state index is -0.0130. The Labute approximate surface area is 125 Å². The zero-order valence-electron chi connectivity index (χ0n) is 13.9. The fourth-order valence-electron chi connectivity index (χ4n) is 2.61. The van der Waals surface area contributed by atoms with Crippen LogP contribution < -0.4 is 5.73 Å². The molecule has 120 valence electrons. The number of rotatable bonds is 8. The fraction of sp³-hybridized carbons (Fsp3) is 1.00. The highest BCUT2D eigenvalue weighted by Crippen LogP contribution is 2.08. The summed E-state index contributed by atoms with van der Waals surface area (Å²) in [7, 11) is 0. The van der Waals surface area contributed by atoms with Crippen LogP contribution in [-0.2, 0) is 4.74 Å². The molecule has 2 N–H and O–H groups in total. The predicted octanol–water partition coefficient (Wildman–Crippen LogP) is 1.94. The predicted molar refractivity (Wildman–Crippen MR) is 86.1 cm³/mol. The summed E-state index contributed by atoms with van der Waals surface area (Å²) < 4.78 is 5.82. The summed E-state index contributed by atoms with van der Waals surface area (Å²) in [6, 6.07) is 0. The Morgan fingerprint density at radius 2 is 1.55 bits per heavy atom. The monoisotopic (exact) mass is 285 g/mol. The van der Waals surface area contributed by atoms with Gasteiger partial charge < -0.3 is 15.4 Å². The van der Waals surface area contributed by atoms with E-state index in [4.69, 9.17) is 10.5 Å². The van der Waals surface area contributed by atoms with Crippen LogP contribution >= 0.6 is 0 Å². The summed E-state index contributed by atoms with van der Waals surface area (Å²) >= 11 is 0. The number of ether oxygens (including phenoxy) is 1. The number of hydrogen-bond donors (Lipinski definition) is 1. The van der Waals surface area contributed by atoms with Gasteiger partial charge in [0, 0.05) is 19.6 Å². The molecular weight excluding hydrogens is 250 g/mol. The van der Waals surface area contributed by atoms with Crippen LogP contribution in [0.1, 0.15) is 46.5 Å². The summed E-state index contributed by atoms with van der Waals surface area (Å²) in [5.41, 5.74) is 5.52. The van der Waals surface area contributed by atoms with Gasteiger partial charge in [0.2, 0.25) is 0 Å². The van der Waals surface area contributed by atoms with Crippen LogP contribution in [0.2, 0.25) is 0 Å². The van der Waals surface area contributed by atoms with Crippen molar-refractivity contribution in [2.45, 2.75) is 52.1 Å². The number of hydrogen-bond acceptors (Lipinski definition) is 4. The molecule has 20 heavy (non-hydrogen) atoms. The van der Waals surface area contributed by atoms with E-state index in [1.165, 1.54) is 58.4 Å². The standard InChI is InChI=1S/C16H35N3O/c1-16(2,3)20-15-14-19-11-7-10-18(12-13-19)9-6-4-5-8-17/h4-15,17H2,1-3H3. The molecule has 0 amide bonds. The molecule has 1 saturated heterocycles. The first-order chi connectivity index (χ1) is 9.51. The minimum absolute atomic E-state index is 0.0130. The maximum Gasteiger partial charge on any atom is 0.0600 e. The highest BCUT2D eigenvalue weighted by atomic mass is 16.5. The molecule has 0 aromatic carbocycles. The van der Waals surface area contributed by atoms with Gasteiger partial charge in [-0.05, 0) is 66.2 Å². The molecule has 0 saturated carbocycles. The third-order valence-corrected chi connectivity index (χ3v) is 3.80. The molecule has 0 bridgehead atoms. The van der Waals surface area contributed by atoms with Crippen molar-refractivity contribution < 1.29 is 4.74 Å². The van der Waals surface area contributed by atoms with Crippen molar-refractivity contribution in [3.05, 3.63) is 0 Å². The van der Waals surface area contributed by atoms with E-state index in [2.05, 4.69) is 30.6 Å². The molecule has 0 aromatic rings. The van der Waals surface area contributed by atoms with Gasteiger partial charge in [-0.3, -0.25) is 4.90 Å². The lowest BCUT2D eigenvalue weighted by molar-refractivity contribution is -0.0126. The lowest BCUT2D eigenvalue weighted by Crippen LogP contribution is -2.34. The average molecular weight is 285 g/mol. The summed E-state index contributed by atoms with van der Waals surface area (Å²) in [6.45, 7) is 15.2. The van der Waals surface area contributed by atoms with Crippen LogP contribution in [0.4, 0.5) is 0 Å². The summed E-state index contributed by atoms with van der Waals surface area (Å²) in [6.07, 6.45) is 5.02. The smallest absolute Gasteiger partial charge is 0.0600 e. The van der Waals surface area contributed by atoms with Gasteiger partial charge in [-0.2, -0.15) is 0 Å². The Morgan fingerprint density at radius 3 is 2.15 bits per heavy atom. The maximum absolute atomic E-state index is 5.82. The molecule has 0 radical (unpaired) electrons. The molecule has 0 atom stereocenters. The molecule has 1 rings (SSSR count). The highest BCUT2D eigenvalue weighted by molar-refractivity contribution is 4.70. The molecule has 1 heterocycles. The van der Waals surface area contributed by atoms with Crippen molar-refractivity contribution in [2.75, 3.05) is 52.4 Å². The van der Waals surface area contributed by atoms with Crippen LogP contribution in [0.15, 0.2) is 0 Å². The van der Waals surface area contributed by atoms with E-state index in [-0.39, 0.29) is 5.60 Å². The van der Waals surface area contributed by atoms with E-state index in [1.807, 2.05) is 0 Å². The Balaban J connectivity index is 2.12. The first kappa shape index (κ1) is 17.9. The van der Waals surface area contributed by atoms with Gasteiger partial charge in [0.25, 0.3) is 0 Å². The molecule has 4 heteroatoms. The first-order valence-electron chi connectivity index (χ1n) is 8.30. The van der Waals surface area contributed by atoms with Gasteiger partial charge in [-0.25, -0.2) is 0 Å². The Hall–Kier alpha value is -0.160. The van der Waals surface area contributed by atoms with Crippen molar-refractivity contribution in [2.24, 2.45) is 5.73 Å². The van der Waals surface area contributed by atoms with Gasteiger partial charge in [-0.1, -0.05) is 6.42 Å². The SMILES string of the molecule is CC(C)(C)OCCN1CCCN(CCCCCN)CC1. The normalized spacial score (nSPS) is 19.2. The molecule has 1 aliphatic rings. The van der Waals surface area contributed by atoms with E-state index in [9.17, 15) is 0 Å². The number of nitrogens with zero attached hydrogens (tertiary/aromatic N) is 2. The molecule has 1 fully saturated rings. The van der Waals surface area contributed by atoms with Gasteiger partial charge in [0.1, 0.15) is 0 Å². The van der Waals surface area contributed by atoms with Crippen LogP contribution in [0.3, 0.4) is 0 Å². The van der Waals surface area contributed by atoms with Crippen molar-refractivity contribution in [1.29, 1.82) is 0 Å². The molecule has 4 nitrogen and oxygen atoms in total.